The third kappa shape index (κ3) is 2.86. The molecule has 0 aromatic carbocycles. The number of esters is 1. The molecule has 2 aromatic heterocycles. The summed E-state index contributed by atoms with van der Waals surface area (Å²) in [4.78, 5) is 19.3. The predicted octanol–water partition coefficient (Wildman–Crippen LogP) is 1.36. The molecule has 0 spiro atoms. The molecule has 0 bridgehead atoms. The molecule has 0 radical (unpaired) electrons. The highest BCUT2D eigenvalue weighted by atomic mass is 32.2. The predicted molar refractivity (Wildman–Crippen MR) is 65.3 cm³/mol. The number of aromatic nitrogens is 2. The second-order valence-corrected chi connectivity index (χ2v) is 5.77. The fourth-order valence-electron chi connectivity index (χ4n) is 1.23. The van der Waals surface area contributed by atoms with Crippen molar-refractivity contribution in [3.63, 3.8) is 0 Å². The van der Waals surface area contributed by atoms with E-state index in [0.29, 0.717) is 10.9 Å². The van der Waals surface area contributed by atoms with Gasteiger partial charge in [0.1, 0.15) is 5.75 Å². The molecule has 0 saturated carbocycles. The Morgan fingerprint density at radius 2 is 2.41 bits per heavy atom. The van der Waals surface area contributed by atoms with Crippen LogP contribution in [0, 0.1) is 0 Å². The second-order valence-electron chi connectivity index (χ2n) is 3.12. The lowest BCUT2D eigenvalue weighted by molar-refractivity contribution is -0.139. The maximum atomic E-state index is 11.8. The Labute approximate surface area is 104 Å². The van der Waals surface area contributed by atoms with Crippen molar-refractivity contribution in [2.45, 2.75) is 11.3 Å². The van der Waals surface area contributed by atoms with E-state index in [2.05, 4.69) is 9.97 Å². The van der Waals surface area contributed by atoms with Gasteiger partial charge in [-0.05, 0) is 13.0 Å². The third-order valence-corrected chi connectivity index (χ3v) is 4.51. The Bertz CT molecular complexity index is 534. The highest BCUT2D eigenvalue weighted by Crippen LogP contribution is 2.23. The van der Waals surface area contributed by atoms with Crippen LogP contribution in [0.4, 0.5) is 0 Å². The molecular weight excluding hydrogens is 260 g/mol. The number of hydrogen-bond acceptors (Lipinski definition) is 6. The van der Waals surface area contributed by atoms with Crippen LogP contribution in [0.5, 0.6) is 0 Å². The number of pyridine rings is 1. The summed E-state index contributed by atoms with van der Waals surface area (Å²) in [6.45, 7) is 2.00. The van der Waals surface area contributed by atoms with Crippen molar-refractivity contribution in [1.82, 2.24) is 9.97 Å². The van der Waals surface area contributed by atoms with Crippen LogP contribution < -0.4 is 0 Å². The molecule has 90 valence electrons. The molecule has 2 heterocycles. The average Bonchev–Trinajstić information content (AvgIpc) is 2.72. The largest absolute Gasteiger partial charge is 0.465 e. The molecule has 0 aliphatic heterocycles. The minimum Gasteiger partial charge on any atom is -0.465 e. The summed E-state index contributed by atoms with van der Waals surface area (Å²) in [5, 5.41) is 0. The smallest absolute Gasteiger partial charge is 0.319 e. The van der Waals surface area contributed by atoms with E-state index in [1.807, 2.05) is 0 Å². The number of ether oxygens (including phenoxy) is 1. The van der Waals surface area contributed by atoms with Crippen LogP contribution in [0.2, 0.25) is 0 Å². The van der Waals surface area contributed by atoms with Crippen LogP contribution in [0.15, 0.2) is 22.8 Å². The molecule has 0 saturated heterocycles. The molecule has 0 amide bonds. The molecule has 7 heteroatoms. The summed E-state index contributed by atoms with van der Waals surface area (Å²) in [5.41, 5.74) is 0.747. The van der Waals surface area contributed by atoms with E-state index >= 15 is 0 Å². The van der Waals surface area contributed by atoms with Crippen LogP contribution in [0.3, 0.4) is 0 Å². The average molecular weight is 270 g/mol. The number of nitrogens with zero attached hydrogens (tertiary/aromatic N) is 2. The molecule has 2 aromatic rings. The number of hydrogen-bond donors (Lipinski definition) is 0. The standard InChI is InChI=1S/C10H10N2O3S2/c1-2-15-9(13)6-17(14)10-12-7-3-4-11-5-8(7)16-10/h3-5H,2,6H2,1H3. The van der Waals surface area contributed by atoms with Crippen LogP contribution in [-0.4, -0.2) is 32.5 Å². The van der Waals surface area contributed by atoms with E-state index in [-0.39, 0.29) is 5.75 Å². The van der Waals surface area contributed by atoms with E-state index in [4.69, 9.17) is 4.74 Å². The van der Waals surface area contributed by atoms with Crippen molar-refractivity contribution in [2.75, 3.05) is 12.4 Å². The minimum absolute atomic E-state index is 0.152. The Morgan fingerprint density at radius 3 is 3.12 bits per heavy atom. The number of thiazole rings is 1. The second kappa shape index (κ2) is 5.33. The normalized spacial score (nSPS) is 12.5. The summed E-state index contributed by atoms with van der Waals surface area (Å²) < 4.78 is 17.9. The van der Waals surface area contributed by atoms with Gasteiger partial charge in [0.25, 0.3) is 0 Å². The van der Waals surface area contributed by atoms with Crippen LogP contribution >= 0.6 is 11.3 Å². The van der Waals surface area contributed by atoms with Gasteiger partial charge in [-0.2, -0.15) is 0 Å². The molecule has 0 N–H and O–H groups in total. The first-order chi connectivity index (χ1) is 8.20. The Morgan fingerprint density at radius 1 is 1.59 bits per heavy atom. The van der Waals surface area contributed by atoms with E-state index in [1.54, 1.807) is 25.4 Å². The summed E-state index contributed by atoms with van der Waals surface area (Å²) in [7, 11) is -1.44. The SMILES string of the molecule is CCOC(=O)CS(=O)c1nc2ccncc2s1. The monoisotopic (exact) mass is 270 g/mol. The van der Waals surface area contributed by atoms with Crippen molar-refractivity contribution in [1.29, 1.82) is 0 Å². The molecule has 17 heavy (non-hydrogen) atoms. The fraction of sp³-hybridized carbons (Fsp3) is 0.300. The molecule has 0 aliphatic carbocycles. The molecule has 1 atom stereocenters. The summed E-state index contributed by atoms with van der Waals surface area (Å²) in [6.07, 6.45) is 3.29. The van der Waals surface area contributed by atoms with Gasteiger partial charge in [0.05, 0.1) is 27.6 Å². The molecular formula is C10H10N2O3S2. The van der Waals surface area contributed by atoms with Crippen LogP contribution in [0.25, 0.3) is 10.2 Å². The van der Waals surface area contributed by atoms with Crippen molar-refractivity contribution < 1.29 is 13.7 Å². The Balaban J connectivity index is 2.16. The minimum atomic E-state index is -1.44. The van der Waals surface area contributed by atoms with Crippen molar-refractivity contribution in [3.05, 3.63) is 18.5 Å². The zero-order valence-electron chi connectivity index (χ0n) is 9.08. The van der Waals surface area contributed by atoms with Crippen molar-refractivity contribution in [3.8, 4) is 0 Å². The first-order valence-electron chi connectivity index (χ1n) is 4.95. The highest BCUT2D eigenvalue weighted by molar-refractivity contribution is 7.88. The lowest BCUT2D eigenvalue weighted by Gasteiger charge is -1.98. The first-order valence-corrected chi connectivity index (χ1v) is 7.09. The lowest BCUT2D eigenvalue weighted by Crippen LogP contribution is -2.13. The molecule has 1 unspecified atom stereocenters. The van der Waals surface area contributed by atoms with Gasteiger partial charge in [-0.15, -0.1) is 11.3 Å². The lowest BCUT2D eigenvalue weighted by atomic mass is 10.5. The molecule has 5 nitrogen and oxygen atoms in total. The zero-order chi connectivity index (χ0) is 12.3. The van der Waals surface area contributed by atoms with Gasteiger partial charge >= 0.3 is 5.97 Å². The summed E-state index contributed by atoms with van der Waals surface area (Å²) in [5.74, 6) is -0.621. The Hall–Kier alpha value is -1.34. The highest BCUT2D eigenvalue weighted by Gasteiger charge is 2.15. The number of fused-ring (bicyclic) bond motifs is 1. The van der Waals surface area contributed by atoms with Gasteiger partial charge in [0, 0.05) is 12.4 Å². The summed E-state index contributed by atoms with van der Waals surface area (Å²) >= 11 is 1.28. The zero-order valence-corrected chi connectivity index (χ0v) is 10.7. The summed E-state index contributed by atoms with van der Waals surface area (Å²) in [6, 6.07) is 1.75. The van der Waals surface area contributed by atoms with Gasteiger partial charge in [-0.25, -0.2) is 4.98 Å². The number of carbonyl (C=O) groups is 1. The maximum absolute atomic E-state index is 11.8. The Kier molecular flexibility index (Phi) is 3.80. The van der Waals surface area contributed by atoms with Crippen molar-refractivity contribution >= 4 is 38.3 Å². The topological polar surface area (TPSA) is 69.2 Å². The van der Waals surface area contributed by atoms with E-state index in [0.717, 1.165) is 10.2 Å². The maximum Gasteiger partial charge on any atom is 0.319 e. The number of rotatable bonds is 4. The van der Waals surface area contributed by atoms with Crippen LogP contribution in [-0.2, 0) is 20.3 Å². The fourth-order valence-corrected chi connectivity index (χ4v) is 3.33. The quantitative estimate of drug-likeness (QED) is 0.785. The van der Waals surface area contributed by atoms with Crippen LogP contribution in [0.1, 0.15) is 6.92 Å². The third-order valence-electron chi connectivity index (χ3n) is 1.92. The van der Waals surface area contributed by atoms with Gasteiger partial charge in [-0.3, -0.25) is 14.0 Å². The van der Waals surface area contributed by atoms with Gasteiger partial charge in [-0.1, -0.05) is 0 Å². The number of carbonyl (C=O) groups excluding carboxylic acids is 1. The van der Waals surface area contributed by atoms with Gasteiger partial charge in [0.2, 0.25) is 0 Å². The first kappa shape index (κ1) is 12.1. The van der Waals surface area contributed by atoms with Gasteiger partial charge in [0.15, 0.2) is 4.34 Å². The van der Waals surface area contributed by atoms with Gasteiger partial charge < -0.3 is 4.74 Å². The molecule has 2 rings (SSSR count). The van der Waals surface area contributed by atoms with Crippen molar-refractivity contribution in [2.24, 2.45) is 0 Å². The molecule has 0 aliphatic rings. The van der Waals surface area contributed by atoms with E-state index < -0.39 is 16.8 Å². The molecule has 0 fully saturated rings. The van der Waals surface area contributed by atoms with E-state index in [9.17, 15) is 9.00 Å². The van der Waals surface area contributed by atoms with E-state index in [1.165, 1.54) is 11.3 Å².